The Bertz CT molecular complexity index is 1060. The summed E-state index contributed by atoms with van der Waals surface area (Å²) in [6.45, 7) is 0. The standard InChI is InChI=1S/C24H26FN3O/c1-27-18-9-10-19(27)14-17(13-18)26-24(29)22-20-11-8-16(25)12-21(20)28(2)23(22)15-6-4-3-5-7-15/h3-8,11-12,17-19H,9-10,13-14H2,1-2H3,(H,26,29)/t17?,18-,19+. The van der Waals surface area contributed by atoms with Gasteiger partial charge < -0.3 is 14.8 Å². The van der Waals surface area contributed by atoms with E-state index in [4.69, 9.17) is 0 Å². The van der Waals surface area contributed by atoms with Gasteiger partial charge in [0.1, 0.15) is 5.82 Å². The fourth-order valence-corrected chi connectivity index (χ4v) is 5.36. The molecule has 0 radical (unpaired) electrons. The van der Waals surface area contributed by atoms with Crippen molar-refractivity contribution in [3.63, 3.8) is 0 Å². The van der Waals surface area contributed by atoms with Crippen LogP contribution in [0, 0.1) is 5.82 Å². The highest BCUT2D eigenvalue weighted by atomic mass is 19.1. The van der Waals surface area contributed by atoms with Gasteiger partial charge in [-0.3, -0.25) is 4.79 Å². The molecule has 1 N–H and O–H groups in total. The number of amides is 1. The van der Waals surface area contributed by atoms with Crippen LogP contribution in [0.5, 0.6) is 0 Å². The lowest BCUT2D eigenvalue weighted by atomic mass is 9.97. The van der Waals surface area contributed by atoms with Gasteiger partial charge in [0.25, 0.3) is 5.91 Å². The Labute approximate surface area is 170 Å². The number of carbonyl (C=O) groups is 1. The van der Waals surface area contributed by atoms with Crippen LogP contribution in [-0.2, 0) is 7.05 Å². The predicted molar refractivity (Wildman–Crippen MR) is 113 cm³/mol. The van der Waals surface area contributed by atoms with Crippen LogP contribution in [0.3, 0.4) is 0 Å². The van der Waals surface area contributed by atoms with E-state index in [-0.39, 0.29) is 17.8 Å². The molecule has 3 aromatic rings. The lowest BCUT2D eigenvalue weighted by Gasteiger charge is -2.36. The third kappa shape index (κ3) is 3.04. The number of nitrogens with one attached hydrogen (secondary N) is 1. The van der Waals surface area contributed by atoms with Crippen LogP contribution in [0.1, 0.15) is 36.0 Å². The first-order valence-electron chi connectivity index (χ1n) is 10.4. The monoisotopic (exact) mass is 391 g/mol. The van der Waals surface area contributed by atoms with E-state index in [1.54, 1.807) is 6.07 Å². The van der Waals surface area contributed by atoms with Crippen molar-refractivity contribution >= 4 is 16.8 Å². The minimum Gasteiger partial charge on any atom is -0.349 e. The maximum absolute atomic E-state index is 13.9. The summed E-state index contributed by atoms with van der Waals surface area (Å²) >= 11 is 0. The molecule has 2 fully saturated rings. The molecule has 0 saturated carbocycles. The first-order chi connectivity index (χ1) is 14.0. The molecule has 29 heavy (non-hydrogen) atoms. The lowest BCUT2D eigenvalue weighted by Crippen LogP contribution is -2.48. The van der Waals surface area contributed by atoms with Crippen LogP contribution in [0.15, 0.2) is 48.5 Å². The van der Waals surface area contributed by atoms with Crippen LogP contribution >= 0.6 is 0 Å². The molecule has 150 valence electrons. The number of aromatic nitrogens is 1. The SMILES string of the molecule is CN1[C@@H]2CC[C@H]1CC(NC(=O)c1c(-c3ccccc3)n(C)c3cc(F)ccc13)C2. The molecule has 2 saturated heterocycles. The molecule has 4 nitrogen and oxygen atoms in total. The summed E-state index contributed by atoms with van der Waals surface area (Å²) < 4.78 is 15.9. The highest BCUT2D eigenvalue weighted by Crippen LogP contribution is 2.36. The van der Waals surface area contributed by atoms with Crippen LogP contribution in [-0.4, -0.2) is 40.5 Å². The maximum Gasteiger partial charge on any atom is 0.254 e. The van der Waals surface area contributed by atoms with Gasteiger partial charge in [-0.1, -0.05) is 30.3 Å². The summed E-state index contributed by atoms with van der Waals surface area (Å²) in [6.07, 6.45) is 4.43. The topological polar surface area (TPSA) is 37.3 Å². The molecule has 5 heteroatoms. The first kappa shape index (κ1) is 18.4. The molecule has 2 aliphatic rings. The highest BCUT2D eigenvalue weighted by Gasteiger charge is 2.39. The molecular formula is C24H26FN3O. The normalized spacial score (nSPS) is 24.2. The molecular weight excluding hydrogens is 365 g/mol. The number of hydrogen-bond donors (Lipinski definition) is 1. The fraction of sp³-hybridized carbons (Fsp3) is 0.375. The second-order valence-electron chi connectivity index (χ2n) is 8.50. The van der Waals surface area contributed by atoms with E-state index in [0.717, 1.165) is 35.0 Å². The molecule has 2 aliphatic heterocycles. The number of piperidine rings is 1. The molecule has 2 aromatic carbocycles. The van der Waals surface area contributed by atoms with E-state index < -0.39 is 0 Å². The Kier molecular flexibility index (Phi) is 4.43. The molecule has 0 aliphatic carbocycles. The van der Waals surface area contributed by atoms with E-state index in [1.807, 2.05) is 41.9 Å². The zero-order chi connectivity index (χ0) is 20.1. The van der Waals surface area contributed by atoms with Crippen LogP contribution in [0.25, 0.3) is 22.2 Å². The number of carbonyl (C=O) groups excluding carboxylic acids is 1. The molecule has 3 heterocycles. The minimum absolute atomic E-state index is 0.0602. The number of halogens is 1. The molecule has 1 unspecified atom stereocenters. The second-order valence-corrected chi connectivity index (χ2v) is 8.50. The number of rotatable bonds is 3. The van der Waals surface area contributed by atoms with E-state index in [0.29, 0.717) is 17.6 Å². The van der Waals surface area contributed by atoms with E-state index >= 15 is 0 Å². The van der Waals surface area contributed by atoms with Gasteiger partial charge in [0.15, 0.2) is 0 Å². The average molecular weight is 391 g/mol. The highest BCUT2D eigenvalue weighted by molar-refractivity contribution is 6.12. The van der Waals surface area contributed by atoms with Gasteiger partial charge in [-0.2, -0.15) is 0 Å². The molecule has 5 rings (SSSR count). The number of hydrogen-bond acceptors (Lipinski definition) is 2. The minimum atomic E-state index is -0.295. The van der Waals surface area contributed by atoms with Gasteiger partial charge in [-0.15, -0.1) is 0 Å². The van der Waals surface area contributed by atoms with Crippen molar-refractivity contribution in [1.29, 1.82) is 0 Å². The van der Waals surface area contributed by atoms with Crippen molar-refractivity contribution < 1.29 is 9.18 Å². The number of benzene rings is 2. The Hall–Kier alpha value is -2.66. The van der Waals surface area contributed by atoms with Crippen molar-refractivity contribution in [2.24, 2.45) is 7.05 Å². The first-order valence-corrected chi connectivity index (χ1v) is 10.4. The van der Waals surface area contributed by atoms with Crippen LogP contribution in [0.4, 0.5) is 4.39 Å². The molecule has 1 amide bonds. The number of nitrogens with zero attached hydrogens (tertiary/aromatic N) is 2. The third-order valence-electron chi connectivity index (χ3n) is 6.87. The zero-order valence-electron chi connectivity index (χ0n) is 16.9. The van der Waals surface area contributed by atoms with Gasteiger partial charge in [-0.25, -0.2) is 4.39 Å². The number of fused-ring (bicyclic) bond motifs is 3. The van der Waals surface area contributed by atoms with Gasteiger partial charge >= 0.3 is 0 Å². The van der Waals surface area contributed by atoms with Crippen molar-refractivity contribution in [2.45, 2.75) is 43.8 Å². The Morgan fingerprint density at radius 1 is 1.03 bits per heavy atom. The molecule has 0 spiro atoms. The summed E-state index contributed by atoms with van der Waals surface area (Å²) in [5.41, 5.74) is 3.16. The quantitative estimate of drug-likeness (QED) is 0.721. The zero-order valence-corrected chi connectivity index (χ0v) is 16.9. The summed E-state index contributed by atoms with van der Waals surface area (Å²) in [6, 6.07) is 15.9. The van der Waals surface area contributed by atoms with Crippen LogP contribution in [0.2, 0.25) is 0 Å². The van der Waals surface area contributed by atoms with Gasteiger partial charge in [0.2, 0.25) is 0 Å². The summed E-state index contributed by atoms with van der Waals surface area (Å²) in [7, 11) is 4.10. The molecule has 3 atom stereocenters. The molecule has 1 aromatic heterocycles. The number of aryl methyl sites for hydroxylation is 1. The Balaban J connectivity index is 1.56. The van der Waals surface area contributed by atoms with E-state index in [2.05, 4.69) is 17.3 Å². The lowest BCUT2D eigenvalue weighted by molar-refractivity contribution is 0.0884. The third-order valence-corrected chi connectivity index (χ3v) is 6.87. The maximum atomic E-state index is 13.9. The molecule has 2 bridgehead atoms. The summed E-state index contributed by atoms with van der Waals surface area (Å²) in [4.78, 5) is 16.0. The summed E-state index contributed by atoms with van der Waals surface area (Å²) in [5, 5.41) is 4.11. The second kappa shape index (κ2) is 6.99. The van der Waals surface area contributed by atoms with Crippen molar-refractivity contribution in [3.05, 3.63) is 59.9 Å². The van der Waals surface area contributed by atoms with E-state index in [9.17, 15) is 9.18 Å². The Morgan fingerprint density at radius 2 is 1.72 bits per heavy atom. The van der Waals surface area contributed by atoms with Crippen molar-refractivity contribution in [1.82, 2.24) is 14.8 Å². The van der Waals surface area contributed by atoms with Gasteiger partial charge in [-0.05, 0) is 56.5 Å². The Morgan fingerprint density at radius 3 is 2.41 bits per heavy atom. The largest absolute Gasteiger partial charge is 0.349 e. The van der Waals surface area contributed by atoms with Crippen molar-refractivity contribution in [2.75, 3.05) is 7.05 Å². The predicted octanol–water partition coefficient (Wildman–Crippen LogP) is 4.34. The van der Waals surface area contributed by atoms with Crippen LogP contribution < -0.4 is 5.32 Å². The summed E-state index contributed by atoms with van der Waals surface area (Å²) in [5.74, 6) is -0.355. The fourth-order valence-electron chi connectivity index (χ4n) is 5.36. The van der Waals surface area contributed by atoms with E-state index in [1.165, 1.54) is 25.0 Å². The van der Waals surface area contributed by atoms with Crippen molar-refractivity contribution in [3.8, 4) is 11.3 Å². The van der Waals surface area contributed by atoms with Gasteiger partial charge in [0.05, 0.1) is 16.8 Å². The smallest absolute Gasteiger partial charge is 0.254 e. The average Bonchev–Trinajstić information content (AvgIpc) is 3.10. The van der Waals surface area contributed by atoms with Gasteiger partial charge in [0, 0.05) is 30.6 Å².